The van der Waals surface area contributed by atoms with Crippen LogP contribution in [0.5, 0.6) is 0 Å². The first-order valence-electron chi connectivity index (χ1n) is 10.3. The minimum Gasteiger partial charge on any atom is -0.461 e. The molecule has 2 heterocycles. The number of amides is 1. The Morgan fingerprint density at radius 1 is 1.09 bits per heavy atom. The molecule has 0 saturated carbocycles. The highest BCUT2D eigenvalue weighted by molar-refractivity contribution is 7.12. The number of carbonyl (C=O) groups excluding carboxylic acids is 2. The summed E-state index contributed by atoms with van der Waals surface area (Å²) in [5, 5.41) is 4.15. The number of aryl methyl sites for hydroxylation is 2. The molecule has 0 unspecified atom stereocenters. The summed E-state index contributed by atoms with van der Waals surface area (Å²) in [6.45, 7) is 5.24. The smallest absolute Gasteiger partial charge is 0.336 e. The Balaban J connectivity index is 1.51. The normalized spacial score (nSPS) is 10.9. The molecule has 8 heteroatoms. The zero-order chi connectivity index (χ0) is 23.5. The van der Waals surface area contributed by atoms with Gasteiger partial charge in [-0.3, -0.25) is 9.59 Å². The Hall–Kier alpha value is -3.78. The SMILES string of the molecule is CC(=O)Nc1ccc2c(COC(=O)Cc3sc(C)nc3-c3ccc(C)cc3)cc(=O)oc2c1. The maximum Gasteiger partial charge on any atom is 0.336 e. The summed E-state index contributed by atoms with van der Waals surface area (Å²) in [6, 6.07) is 14.3. The van der Waals surface area contributed by atoms with Gasteiger partial charge < -0.3 is 14.5 Å². The molecule has 168 valence electrons. The van der Waals surface area contributed by atoms with E-state index in [9.17, 15) is 14.4 Å². The van der Waals surface area contributed by atoms with Gasteiger partial charge in [-0.15, -0.1) is 11.3 Å². The maximum absolute atomic E-state index is 12.6. The van der Waals surface area contributed by atoms with E-state index < -0.39 is 11.6 Å². The summed E-state index contributed by atoms with van der Waals surface area (Å²) in [7, 11) is 0. The van der Waals surface area contributed by atoms with Crippen LogP contribution in [0.2, 0.25) is 0 Å². The van der Waals surface area contributed by atoms with Gasteiger partial charge in [-0.1, -0.05) is 29.8 Å². The van der Waals surface area contributed by atoms with Crippen molar-refractivity contribution in [2.45, 2.75) is 33.8 Å². The Bertz CT molecular complexity index is 1400. The van der Waals surface area contributed by atoms with Gasteiger partial charge in [0.1, 0.15) is 12.2 Å². The van der Waals surface area contributed by atoms with Crippen LogP contribution in [0.25, 0.3) is 22.2 Å². The van der Waals surface area contributed by atoms with Gasteiger partial charge in [-0.05, 0) is 26.0 Å². The largest absolute Gasteiger partial charge is 0.461 e. The fourth-order valence-electron chi connectivity index (χ4n) is 3.50. The van der Waals surface area contributed by atoms with E-state index in [1.54, 1.807) is 18.2 Å². The molecular weight excluding hydrogens is 440 g/mol. The van der Waals surface area contributed by atoms with E-state index in [2.05, 4.69) is 10.3 Å². The van der Waals surface area contributed by atoms with Crippen molar-refractivity contribution in [1.82, 2.24) is 4.98 Å². The van der Waals surface area contributed by atoms with Crippen molar-refractivity contribution in [3.8, 4) is 11.3 Å². The van der Waals surface area contributed by atoms with Crippen molar-refractivity contribution in [3.63, 3.8) is 0 Å². The van der Waals surface area contributed by atoms with Gasteiger partial charge in [0.2, 0.25) is 5.91 Å². The molecule has 0 aliphatic rings. The molecule has 4 rings (SSSR count). The molecule has 0 spiro atoms. The number of esters is 1. The molecule has 2 aromatic carbocycles. The van der Waals surface area contributed by atoms with Gasteiger partial charge >= 0.3 is 11.6 Å². The van der Waals surface area contributed by atoms with E-state index >= 15 is 0 Å². The summed E-state index contributed by atoms with van der Waals surface area (Å²) in [5.41, 5.74) is 3.67. The minimum absolute atomic E-state index is 0.0714. The molecular formula is C25H22N2O5S. The monoisotopic (exact) mass is 462 g/mol. The van der Waals surface area contributed by atoms with Crippen molar-refractivity contribution >= 4 is 39.9 Å². The summed E-state index contributed by atoms with van der Waals surface area (Å²) >= 11 is 1.46. The number of carbonyl (C=O) groups is 2. The molecule has 4 aromatic rings. The second-order valence-electron chi connectivity index (χ2n) is 7.69. The van der Waals surface area contributed by atoms with E-state index in [1.165, 1.54) is 24.3 Å². The van der Waals surface area contributed by atoms with Crippen LogP contribution in [-0.2, 0) is 27.4 Å². The number of thiazole rings is 1. The molecule has 0 saturated heterocycles. The Morgan fingerprint density at radius 2 is 1.85 bits per heavy atom. The summed E-state index contributed by atoms with van der Waals surface area (Å²) < 4.78 is 10.7. The van der Waals surface area contributed by atoms with E-state index in [1.807, 2.05) is 38.1 Å². The van der Waals surface area contributed by atoms with Crippen LogP contribution in [0.4, 0.5) is 5.69 Å². The predicted molar refractivity (Wildman–Crippen MR) is 127 cm³/mol. The van der Waals surface area contributed by atoms with Crippen molar-refractivity contribution < 1.29 is 18.7 Å². The first-order valence-corrected chi connectivity index (χ1v) is 11.1. The second kappa shape index (κ2) is 9.38. The predicted octanol–water partition coefficient (Wildman–Crippen LogP) is 4.78. The van der Waals surface area contributed by atoms with Crippen LogP contribution in [0, 0.1) is 13.8 Å². The van der Waals surface area contributed by atoms with Gasteiger partial charge in [0, 0.05) is 46.1 Å². The first kappa shape index (κ1) is 22.4. The molecule has 0 fully saturated rings. The fourth-order valence-corrected chi connectivity index (χ4v) is 4.44. The third-order valence-corrected chi connectivity index (χ3v) is 5.94. The number of anilines is 1. The lowest BCUT2D eigenvalue weighted by Gasteiger charge is -2.09. The highest BCUT2D eigenvalue weighted by atomic mass is 32.1. The van der Waals surface area contributed by atoms with Crippen molar-refractivity contribution in [1.29, 1.82) is 0 Å². The number of nitrogens with zero attached hydrogens (tertiary/aromatic N) is 1. The zero-order valence-corrected chi connectivity index (χ0v) is 19.2. The lowest BCUT2D eigenvalue weighted by Crippen LogP contribution is -2.10. The number of nitrogens with one attached hydrogen (secondary N) is 1. The molecule has 0 aliphatic carbocycles. The number of aromatic nitrogens is 1. The number of hydrogen-bond acceptors (Lipinski definition) is 7. The van der Waals surface area contributed by atoms with E-state index in [4.69, 9.17) is 9.15 Å². The molecule has 0 radical (unpaired) electrons. The van der Waals surface area contributed by atoms with Crippen molar-refractivity contribution in [2.24, 2.45) is 0 Å². The summed E-state index contributed by atoms with van der Waals surface area (Å²) in [4.78, 5) is 41.3. The van der Waals surface area contributed by atoms with Gasteiger partial charge in [0.15, 0.2) is 0 Å². The quantitative estimate of drug-likeness (QED) is 0.327. The third kappa shape index (κ3) is 5.35. The summed E-state index contributed by atoms with van der Waals surface area (Å²) in [5.74, 6) is -0.645. The van der Waals surface area contributed by atoms with Crippen molar-refractivity contribution in [3.05, 3.63) is 80.0 Å². The number of fused-ring (bicyclic) bond motifs is 1. The van der Waals surface area contributed by atoms with Gasteiger partial charge in [-0.2, -0.15) is 0 Å². The zero-order valence-electron chi connectivity index (χ0n) is 18.4. The lowest BCUT2D eigenvalue weighted by atomic mass is 10.1. The highest BCUT2D eigenvalue weighted by Gasteiger charge is 2.17. The number of hydrogen-bond donors (Lipinski definition) is 1. The topological polar surface area (TPSA) is 98.5 Å². The van der Waals surface area contributed by atoms with E-state index in [0.717, 1.165) is 26.7 Å². The first-order chi connectivity index (χ1) is 15.8. The molecule has 33 heavy (non-hydrogen) atoms. The van der Waals surface area contributed by atoms with Gasteiger partial charge in [0.25, 0.3) is 0 Å². The van der Waals surface area contributed by atoms with Gasteiger partial charge in [0.05, 0.1) is 17.1 Å². The minimum atomic E-state index is -0.562. The Labute approximate surface area is 194 Å². The average Bonchev–Trinajstić information content (AvgIpc) is 3.11. The van der Waals surface area contributed by atoms with Crippen LogP contribution in [0.1, 0.15) is 27.9 Å². The van der Waals surface area contributed by atoms with Crippen LogP contribution >= 0.6 is 11.3 Å². The third-order valence-electron chi connectivity index (χ3n) is 4.97. The second-order valence-corrected chi connectivity index (χ2v) is 8.98. The number of ether oxygens (including phenoxy) is 1. The molecule has 2 aromatic heterocycles. The molecule has 7 nitrogen and oxygen atoms in total. The standard InChI is InChI=1S/C25H22N2O5S/c1-14-4-6-17(7-5-14)25-22(33-16(3)27-25)12-23(29)31-13-18-10-24(30)32-21-11-19(26-15(2)28)8-9-20(18)21/h4-11H,12-13H2,1-3H3,(H,26,28). The average molecular weight is 463 g/mol. The van der Waals surface area contributed by atoms with E-state index in [0.29, 0.717) is 22.2 Å². The van der Waals surface area contributed by atoms with Crippen molar-refractivity contribution in [2.75, 3.05) is 5.32 Å². The Kier molecular flexibility index (Phi) is 6.37. The van der Waals surface area contributed by atoms with Crippen LogP contribution in [0.3, 0.4) is 0 Å². The van der Waals surface area contributed by atoms with Crippen LogP contribution < -0.4 is 10.9 Å². The van der Waals surface area contributed by atoms with Crippen LogP contribution in [0.15, 0.2) is 57.7 Å². The number of rotatable bonds is 6. The Morgan fingerprint density at radius 3 is 2.58 bits per heavy atom. The highest BCUT2D eigenvalue weighted by Crippen LogP contribution is 2.29. The lowest BCUT2D eigenvalue weighted by molar-refractivity contribution is -0.144. The molecule has 1 amide bonds. The van der Waals surface area contributed by atoms with Crippen LogP contribution in [-0.4, -0.2) is 16.9 Å². The maximum atomic E-state index is 12.6. The fraction of sp³-hybridized carbons (Fsp3) is 0.200. The molecule has 1 N–H and O–H groups in total. The molecule has 0 aliphatic heterocycles. The van der Waals surface area contributed by atoms with E-state index in [-0.39, 0.29) is 18.9 Å². The number of benzene rings is 2. The molecule has 0 atom stereocenters. The molecule has 0 bridgehead atoms. The summed E-state index contributed by atoms with van der Waals surface area (Å²) in [6.07, 6.45) is 0.0841. The van der Waals surface area contributed by atoms with Gasteiger partial charge in [-0.25, -0.2) is 9.78 Å².